The Morgan fingerprint density at radius 2 is 1.94 bits per heavy atom. The van der Waals surface area contributed by atoms with Crippen LogP contribution in [-0.2, 0) is 0 Å². The van der Waals surface area contributed by atoms with Gasteiger partial charge < -0.3 is 20.7 Å². The molecule has 186 valence electrons. The van der Waals surface area contributed by atoms with Gasteiger partial charge in [0.25, 0.3) is 5.91 Å². The van der Waals surface area contributed by atoms with Gasteiger partial charge in [-0.1, -0.05) is 0 Å². The lowest BCUT2D eigenvalue weighted by atomic mass is 10.2. The molecule has 0 radical (unpaired) electrons. The van der Waals surface area contributed by atoms with Gasteiger partial charge in [-0.25, -0.2) is 9.97 Å². The van der Waals surface area contributed by atoms with Crippen molar-refractivity contribution < 1.29 is 14.3 Å². The standard InChI is InChI=1S/C24H30N6O3S2/c1-5-33-19-7-6-16(21(25)31)12-17(19)27-24-28-18(13-34-24)20-15(4)26-22(35-20)23(32)30-10-8-29(9-11-30)14(2)3/h6-7,12-14H,5,8-11H2,1-4H3,(H2,25,31)(H,27,28). The summed E-state index contributed by atoms with van der Waals surface area (Å²) in [6.07, 6.45) is 0. The van der Waals surface area contributed by atoms with Crippen LogP contribution in [0, 0.1) is 6.92 Å². The maximum atomic E-state index is 13.1. The van der Waals surface area contributed by atoms with Crippen molar-refractivity contribution in [2.75, 3.05) is 38.1 Å². The van der Waals surface area contributed by atoms with Crippen LogP contribution in [0.25, 0.3) is 10.6 Å². The van der Waals surface area contributed by atoms with Crippen LogP contribution in [0.1, 0.15) is 46.6 Å². The number of anilines is 2. The molecule has 3 heterocycles. The van der Waals surface area contributed by atoms with Gasteiger partial charge in [-0.05, 0) is 45.9 Å². The minimum atomic E-state index is -0.515. The number of hydrogen-bond acceptors (Lipinski definition) is 9. The van der Waals surface area contributed by atoms with E-state index in [1.165, 1.54) is 22.7 Å². The van der Waals surface area contributed by atoms with Gasteiger partial charge in [0.2, 0.25) is 5.91 Å². The third-order valence-corrected chi connectivity index (χ3v) is 7.78. The molecule has 2 aromatic heterocycles. The van der Waals surface area contributed by atoms with E-state index in [2.05, 4.69) is 29.0 Å². The molecule has 0 spiro atoms. The summed E-state index contributed by atoms with van der Waals surface area (Å²) in [4.78, 5) is 39.1. The van der Waals surface area contributed by atoms with Gasteiger partial charge in [0.05, 0.1) is 28.6 Å². The molecule has 9 nitrogen and oxygen atoms in total. The molecule has 11 heteroatoms. The number of carbonyl (C=O) groups is 2. The average Bonchev–Trinajstić information content (AvgIpc) is 3.46. The Morgan fingerprint density at radius 1 is 1.20 bits per heavy atom. The third kappa shape index (κ3) is 5.63. The van der Waals surface area contributed by atoms with Crippen molar-refractivity contribution in [3.05, 3.63) is 39.8 Å². The Kier molecular flexibility index (Phi) is 7.68. The molecule has 0 saturated carbocycles. The summed E-state index contributed by atoms with van der Waals surface area (Å²) >= 11 is 2.79. The molecule has 1 aliphatic rings. The second kappa shape index (κ2) is 10.7. The second-order valence-corrected chi connectivity index (χ2v) is 10.4. The molecular formula is C24H30N6O3S2. The van der Waals surface area contributed by atoms with Crippen molar-refractivity contribution in [1.82, 2.24) is 19.8 Å². The summed E-state index contributed by atoms with van der Waals surface area (Å²) in [5.74, 6) is 0.0682. The van der Waals surface area contributed by atoms with E-state index in [0.717, 1.165) is 29.4 Å². The largest absolute Gasteiger partial charge is 0.492 e. The Balaban J connectivity index is 1.50. The lowest BCUT2D eigenvalue weighted by molar-refractivity contribution is 0.0595. The molecule has 0 bridgehead atoms. The number of amides is 2. The van der Waals surface area contributed by atoms with Crippen molar-refractivity contribution in [1.29, 1.82) is 0 Å². The summed E-state index contributed by atoms with van der Waals surface area (Å²) in [6.45, 7) is 11.8. The first-order chi connectivity index (χ1) is 16.8. The van der Waals surface area contributed by atoms with Crippen LogP contribution in [0.15, 0.2) is 23.6 Å². The Morgan fingerprint density at radius 3 is 2.60 bits per heavy atom. The molecule has 2 amide bonds. The van der Waals surface area contributed by atoms with Crippen LogP contribution in [0.2, 0.25) is 0 Å². The van der Waals surface area contributed by atoms with E-state index in [1.54, 1.807) is 18.2 Å². The lowest BCUT2D eigenvalue weighted by Crippen LogP contribution is -2.50. The number of nitrogens with two attached hydrogens (primary N) is 1. The molecule has 0 unspecified atom stereocenters. The van der Waals surface area contributed by atoms with E-state index in [9.17, 15) is 9.59 Å². The number of hydrogen-bond donors (Lipinski definition) is 2. The predicted molar refractivity (Wildman–Crippen MR) is 140 cm³/mol. The summed E-state index contributed by atoms with van der Waals surface area (Å²) in [5, 5.41) is 6.29. The first kappa shape index (κ1) is 25.1. The highest BCUT2D eigenvalue weighted by atomic mass is 32.1. The van der Waals surface area contributed by atoms with Crippen molar-refractivity contribution in [3.63, 3.8) is 0 Å². The highest BCUT2D eigenvalue weighted by Gasteiger charge is 2.26. The molecule has 0 atom stereocenters. The number of piperazine rings is 1. The fourth-order valence-corrected chi connectivity index (χ4v) is 5.70. The molecule has 3 aromatic rings. The topological polar surface area (TPSA) is 114 Å². The highest BCUT2D eigenvalue weighted by Crippen LogP contribution is 2.35. The first-order valence-electron chi connectivity index (χ1n) is 11.6. The summed E-state index contributed by atoms with van der Waals surface area (Å²) in [7, 11) is 0. The smallest absolute Gasteiger partial charge is 0.282 e. The molecule has 35 heavy (non-hydrogen) atoms. The lowest BCUT2D eigenvalue weighted by Gasteiger charge is -2.36. The second-order valence-electron chi connectivity index (χ2n) is 8.53. The average molecular weight is 515 g/mol. The van der Waals surface area contributed by atoms with E-state index in [1.807, 2.05) is 24.1 Å². The van der Waals surface area contributed by atoms with E-state index in [-0.39, 0.29) is 5.91 Å². The number of nitrogens with zero attached hydrogens (tertiary/aromatic N) is 4. The number of primary amides is 1. The number of aryl methyl sites for hydroxylation is 1. The van der Waals surface area contributed by atoms with E-state index in [0.29, 0.717) is 52.9 Å². The van der Waals surface area contributed by atoms with E-state index >= 15 is 0 Å². The zero-order valence-corrected chi connectivity index (χ0v) is 22.0. The SMILES string of the molecule is CCOc1ccc(C(N)=O)cc1Nc1nc(-c2sc(C(=O)N3CCN(C(C)C)CC3)nc2C)cs1. The molecule has 3 N–H and O–H groups in total. The summed E-state index contributed by atoms with van der Waals surface area (Å²) < 4.78 is 5.67. The molecular weight excluding hydrogens is 484 g/mol. The fourth-order valence-electron chi connectivity index (χ4n) is 3.92. The first-order valence-corrected chi connectivity index (χ1v) is 13.3. The van der Waals surface area contributed by atoms with E-state index in [4.69, 9.17) is 15.5 Å². The van der Waals surface area contributed by atoms with Crippen molar-refractivity contribution in [2.24, 2.45) is 5.73 Å². The van der Waals surface area contributed by atoms with Crippen LogP contribution in [0.3, 0.4) is 0 Å². The van der Waals surface area contributed by atoms with Crippen molar-refractivity contribution in [3.8, 4) is 16.3 Å². The number of rotatable bonds is 8. The van der Waals surface area contributed by atoms with Crippen molar-refractivity contribution in [2.45, 2.75) is 33.7 Å². The number of ether oxygens (including phenoxy) is 1. The van der Waals surface area contributed by atoms with Gasteiger partial charge in [0, 0.05) is 43.2 Å². The quantitative estimate of drug-likeness (QED) is 0.467. The molecule has 1 fully saturated rings. The number of nitrogens with one attached hydrogen (secondary N) is 1. The molecule has 1 aliphatic heterocycles. The minimum Gasteiger partial charge on any atom is -0.492 e. The molecule has 0 aliphatic carbocycles. The van der Waals surface area contributed by atoms with Crippen LogP contribution < -0.4 is 15.8 Å². The fraction of sp³-hybridized carbons (Fsp3) is 0.417. The maximum Gasteiger partial charge on any atom is 0.282 e. The van der Waals surface area contributed by atoms with Gasteiger partial charge in [0.1, 0.15) is 5.75 Å². The van der Waals surface area contributed by atoms with Crippen LogP contribution >= 0.6 is 22.7 Å². The summed E-state index contributed by atoms with van der Waals surface area (Å²) in [6, 6.07) is 5.49. The highest BCUT2D eigenvalue weighted by molar-refractivity contribution is 7.18. The van der Waals surface area contributed by atoms with Crippen LogP contribution in [0.5, 0.6) is 5.75 Å². The maximum absolute atomic E-state index is 13.1. The third-order valence-electron chi connectivity index (χ3n) is 5.85. The van der Waals surface area contributed by atoms with Gasteiger partial charge in [-0.15, -0.1) is 22.7 Å². The summed E-state index contributed by atoms with van der Waals surface area (Å²) in [5.41, 5.74) is 7.96. The molecule has 4 rings (SSSR count). The number of benzene rings is 1. The normalized spacial score (nSPS) is 14.4. The number of aromatic nitrogens is 2. The Hall–Kier alpha value is -3.02. The van der Waals surface area contributed by atoms with Gasteiger partial charge >= 0.3 is 0 Å². The van der Waals surface area contributed by atoms with Gasteiger partial charge in [-0.2, -0.15) is 0 Å². The van der Waals surface area contributed by atoms with Crippen molar-refractivity contribution >= 4 is 45.3 Å². The van der Waals surface area contributed by atoms with Crippen LogP contribution in [0.4, 0.5) is 10.8 Å². The Labute approximate surface area is 212 Å². The molecule has 1 saturated heterocycles. The number of carbonyl (C=O) groups excluding carboxylic acids is 2. The predicted octanol–water partition coefficient (Wildman–Crippen LogP) is 3.98. The van der Waals surface area contributed by atoms with Gasteiger partial charge in [0.15, 0.2) is 10.1 Å². The van der Waals surface area contributed by atoms with Crippen LogP contribution in [-0.4, -0.2) is 70.4 Å². The number of thiazole rings is 2. The zero-order valence-electron chi connectivity index (χ0n) is 20.3. The zero-order chi connectivity index (χ0) is 25.1. The van der Waals surface area contributed by atoms with E-state index < -0.39 is 5.91 Å². The monoisotopic (exact) mass is 514 g/mol. The Bertz CT molecular complexity index is 1210. The molecule has 1 aromatic carbocycles. The van der Waals surface area contributed by atoms with Gasteiger partial charge in [-0.3, -0.25) is 14.5 Å². The minimum absolute atomic E-state index is 0.0223.